The van der Waals surface area contributed by atoms with Gasteiger partial charge < -0.3 is 5.32 Å². The lowest BCUT2D eigenvalue weighted by atomic mass is 10.1. The molecule has 0 radical (unpaired) electrons. The number of aryl methyl sites for hydroxylation is 1. The van der Waals surface area contributed by atoms with Crippen LogP contribution >= 0.6 is 0 Å². The lowest BCUT2D eigenvalue weighted by Crippen LogP contribution is -2.12. The molecule has 1 amide bonds. The minimum atomic E-state index is -0.280. The van der Waals surface area contributed by atoms with E-state index in [1.165, 1.54) is 12.1 Å². The van der Waals surface area contributed by atoms with E-state index in [9.17, 15) is 9.18 Å². The van der Waals surface area contributed by atoms with Crippen LogP contribution in [0, 0.1) is 5.82 Å². The Hall–Kier alpha value is -2.75. The summed E-state index contributed by atoms with van der Waals surface area (Å²) in [7, 11) is 0. The van der Waals surface area contributed by atoms with Crippen molar-refractivity contribution in [2.24, 2.45) is 0 Å². The first-order valence-electron chi connectivity index (χ1n) is 7.10. The fourth-order valence-electron chi connectivity index (χ4n) is 2.38. The maximum Gasteiger partial charge on any atom is 0.224 e. The average Bonchev–Trinajstić information content (AvgIpc) is 2.53. The molecular weight excluding hydrogens is 279 g/mol. The highest BCUT2D eigenvalue weighted by Crippen LogP contribution is 2.21. The molecule has 0 aliphatic rings. The third-order valence-electron chi connectivity index (χ3n) is 3.45. The van der Waals surface area contributed by atoms with E-state index >= 15 is 0 Å². The predicted molar refractivity (Wildman–Crippen MR) is 85.1 cm³/mol. The van der Waals surface area contributed by atoms with Crippen LogP contribution < -0.4 is 5.32 Å². The monoisotopic (exact) mass is 294 g/mol. The maximum atomic E-state index is 13.1. The van der Waals surface area contributed by atoms with Crippen LogP contribution in [0.4, 0.5) is 10.1 Å². The van der Waals surface area contributed by atoms with E-state index in [1.807, 2.05) is 36.4 Å². The van der Waals surface area contributed by atoms with Crippen LogP contribution in [0.5, 0.6) is 0 Å². The highest BCUT2D eigenvalue weighted by atomic mass is 19.1. The fourth-order valence-corrected chi connectivity index (χ4v) is 2.38. The molecule has 0 atom stereocenters. The number of carbonyl (C=O) groups is 1. The van der Waals surface area contributed by atoms with Crippen molar-refractivity contribution in [1.29, 1.82) is 0 Å². The Morgan fingerprint density at radius 3 is 2.82 bits per heavy atom. The summed E-state index contributed by atoms with van der Waals surface area (Å²) in [6.45, 7) is 0. The third kappa shape index (κ3) is 3.28. The Kier molecular flexibility index (Phi) is 4.10. The number of hydrogen-bond acceptors (Lipinski definition) is 2. The van der Waals surface area contributed by atoms with Crippen molar-refractivity contribution in [3.8, 4) is 0 Å². The molecule has 2 aromatic carbocycles. The van der Waals surface area contributed by atoms with Crippen LogP contribution in [0.3, 0.4) is 0 Å². The largest absolute Gasteiger partial charge is 0.325 e. The smallest absolute Gasteiger partial charge is 0.224 e. The first-order valence-corrected chi connectivity index (χ1v) is 7.10. The van der Waals surface area contributed by atoms with Crippen LogP contribution in [0.2, 0.25) is 0 Å². The molecule has 0 aliphatic carbocycles. The summed E-state index contributed by atoms with van der Waals surface area (Å²) >= 11 is 0. The first kappa shape index (κ1) is 14.2. The lowest BCUT2D eigenvalue weighted by molar-refractivity contribution is -0.116. The second-order valence-electron chi connectivity index (χ2n) is 5.05. The number of hydrogen-bond donors (Lipinski definition) is 1. The minimum Gasteiger partial charge on any atom is -0.325 e. The van der Waals surface area contributed by atoms with Gasteiger partial charge in [0, 0.05) is 18.0 Å². The number of nitrogens with zero attached hydrogens (tertiary/aromatic N) is 1. The predicted octanol–water partition coefficient (Wildman–Crippen LogP) is 3.95. The van der Waals surface area contributed by atoms with Gasteiger partial charge in [-0.1, -0.05) is 18.2 Å². The fraction of sp³-hybridized carbons (Fsp3) is 0.111. The van der Waals surface area contributed by atoms with Gasteiger partial charge in [0.25, 0.3) is 0 Å². The van der Waals surface area contributed by atoms with Crippen molar-refractivity contribution in [2.45, 2.75) is 12.8 Å². The summed E-state index contributed by atoms with van der Waals surface area (Å²) in [5, 5.41) is 3.80. The number of carbonyl (C=O) groups excluding carboxylic acids is 1. The van der Waals surface area contributed by atoms with Gasteiger partial charge in [-0.3, -0.25) is 9.78 Å². The molecule has 1 aromatic heterocycles. The van der Waals surface area contributed by atoms with Gasteiger partial charge in [0.1, 0.15) is 5.82 Å². The standard InChI is InChI=1S/C18H15FN2O/c19-14-5-1-4-13(12-14)9-10-18(22)21-17-8-2-7-16-15(17)6-3-11-20-16/h1-8,11-12H,9-10H2,(H,21,22). The molecule has 0 unspecified atom stereocenters. The summed E-state index contributed by atoms with van der Waals surface area (Å²) in [6.07, 6.45) is 2.53. The summed E-state index contributed by atoms with van der Waals surface area (Å²) in [6, 6.07) is 15.7. The SMILES string of the molecule is O=C(CCc1cccc(F)c1)Nc1cccc2ncccc12. The van der Waals surface area contributed by atoms with E-state index in [0.717, 1.165) is 22.2 Å². The minimum absolute atomic E-state index is 0.0967. The van der Waals surface area contributed by atoms with Gasteiger partial charge in [0.15, 0.2) is 0 Å². The zero-order valence-electron chi connectivity index (χ0n) is 11.9. The Balaban J connectivity index is 1.68. The van der Waals surface area contributed by atoms with Crippen LogP contribution in [0.15, 0.2) is 60.8 Å². The molecule has 3 aromatic rings. The number of aromatic nitrogens is 1. The lowest BCUT2D eigenvalue weighted by Gasteiger charge is -2.08. The van der Waals surface area contributed by atoms with Crippen molar-refractivity contribution in [3.63, 3.8) is 0 Å². The van der Waals surface area contributed by atoms with Crippen molar-refractivity contribution < 1.29 is 9.18 Å². The van der Waals surface area contributed by atoms with Gasteiger partial charge in [0.05, 0.1) is 11.2 Å². The quantitative estimate of drug-likeness (QED) is 0.791. The Morgan fingerprint density at radius 2 is 1.95 bits per heavy atom. The highest BCUT2D eigenvalue weighted by Gasteiger charge is 2.07. The molecule has 1 N–H and O–H groups in total. The highest BCUT2D eigenvalue weighted by molar-refractivity contribution is 6.00. The average molecular weight is 294 g/mol. The molecule has 4 heteroatoms. The molecule has 3 nitrogen and oxygen atoms in total. The van der Waals surface area contributed by atoms with Gasteiger partial charge in [-0.2, -0.15) is 0 Å². The number of nitrogens with one attached hydrogen (secondary N) is 1. The normalized spacial score (nSPS) is 10.6. The molecule has 0 saturated carbocycles. The molecule has 0 spiro atoms. The van der Waals surface area contributed by atoms with Crippen molar-refractivity contribution in [2.75, 3.05) is 5.32 Å². The zero-order chi connectivity index (χ0) is 15.4. The van der Waals surface area contributed by atoms with E-state index in [0.29, 0.717) is 12.8 Å². The number of amides is 1. The number of anilines is 1. The molecule has 0 bridgehead atoms. The summed E-state index contributed by atoms with van der Waals surface area (Å²) in [5.74, 6) is -0.376. The van der Waals surface area contributed by atoms with Crippen LogP contribution in [-0.4, -0.2) is 10.9 Å². The third-order valence-corrected chi connectivity index (χ3v) is 3.45. The van der Waals surface area contributed by atoms with Crippen LogP contribution in [0.1, 0.15) is 12.0 Å². The number of pyridine rings is 1. The molecular formula is C18H15FN2O. The number of fused-ring (bicyclic) bond motifs is 1. The van der Waals surface area contributed by atoms with E-state index in [2.05, 4.69) is 10.3 Å². The van der Waals surface area contributed by atoms with E-state index in [4.69, 9.17) is 0 Å². The molecule has 0 fully saturated rings. The summed E-state index contributed by atoms with van der Waals surface area (Å²) in [4.78, 5) is 16.3. The van der Waals surface area contributed by atoms with Gasteiger partial charge >= 0.3 is 0 Å². The molecule has 0 saturated heterocycles. The van der Waals surface area contributed by atoms with Crippen molar-refractivity contribution >= 4 is 22.5 Å². The first-order chi connectivity index (χ1) is 10.7. The van der Waals surface area contributed by atoms with Crippen molar-refractivity contribution in [3.05, 3.63) is 72.2 Å². The van der Waals surface area contributed by atoms with Gasteiger partial charge in [-0.25, -0.2) is 4.39 Å². The molecule has 3 rings (SSSR count). The van der Waals surface area contributed by atoms with E-state index in [1.54, 1.807) is 12.3 Å². The second-order valence-corrected chi connectivity index (χ2v) is 5.05. The van der Waals surface area contributed by atoms with Gasteiger partial charge in [-0.15, -0.1) is 0 Å². The molecule has 22 heavy (non-hydrogen) atoms. The molecule has 1 heterocycles. The van der Waals surface area contributed by atoms with Crippen LogP contribution in [-0.2, 0) is 11.2 Å². The number of halogens is 1. The molecule has 110 valence electrons. The Bertz CT molecular complexity index is 812. The van der Waals surface area contributed by atoms with Gasteiger partial charge in [-0.05, 0) is 48.4 Å². The molecule has 0 aliphatic heterocycles. The maximum absolute atomic E-state index is 13.1. The summed E-state index contributed by atoms with van der Waals surface area (Å²) < 4.78 is 13.1. The Labute approximate surface area is 127 Å². The zero-order valence-corrected chi connectivity index (χ0v) is 11.9. The summed E-state index contributed by atoms with van der Waals surface area (Å²) in [5.41, 5.74) is 2.40. The van der Waals surface area contributed by atoms with Crippen LogP contribution in [0.25, 0.3) is 10.9 Å². The van der Waals surface area contributed by atoms with E-state index < -0.39 is 0 Å². The van der Waals surface area contributed by atoms with E-state index in [-0.39, 0.29) is 11.7 Å². The Morgan fingerprint density at radius 1 is 1.09 bits per heavy atom. The van der Waals surface area contributed by atoms with Crippen molar-refractivity contribution in [1.82, 2.24) is 4.98 Å². The van der Waals surface area contributed by atoms with Gasteiger partial charge in [0.2, 0.25) is 5.91 Å². The number of benzene rings is 2. The number of rotatable bonds is 4. The second kappa shape index (κ2) is 6.35. The topological polar surface area (TPSA) is 42.0 Å².